The van der Waals surface area contributed by atoms with E-state index in [-0.39, 0.29) is 17.5 Å². The number of hydrogen-bond acceptors (Lipinski definition) is 6. The number of carbonyl (C=O) groups excluding carboxylic acids is 1. The van der Waals surface area contributed by atoms with Crippen molar-refractivity contribution < 1.29 is 15.0 Å². The minimum atomic E-state index is -0.532. The molecule has 1 aliphatic rings. The van der Waals surface area contributed by atoms with Crippen LogP contribution in [-0.4, -0.2) is 21.2 Å². The lowest BCUT2D eigenvalue weighted by molar-refractivity contribution is 0.240. The summed E-state index contributed by atoms with van der Waals surface area (Å²) in [4.78, 5) is 16.8. The third-order valence-electron chi connectivity index (χ3n) is 4.65. The second kappa shape index (κ2) is 7.30. The van der Waals surface area contributed by atoms with Gasteiger partial charge < -0.3 is 20.8 Å². The minimum absolute atomic E-state index is 0.228. The molecule has 0 fully saturated rings. The number of nitrogens with one attached hydrogen (secondary N) is 2. The maximum Gasteiger partial charge on any atom is 0.319 e. The summed E-state index contributed by atoms with van der Waals surface area (Å²) in [6.07, 6.45) is 0. The van der Waals surface area contributed by atoms with E-state index in [9.17, 15) is 15.0 Å². The highest BCUT2D eigenvalue weighted by molar-refractivity contribution is 7.11. The van der Waals surface area contributed by atoms with Crippen LogP contribution in [0.4, 0.5) is 4.79 Å². The van der Waals surface area contributed by atoms with Gasteiger partial charge in [-0.05, 0) is 36.8 Å². The molecule has 1 aromatic heterocycles. The van der Waals surface area contributed by atoms with Gasteiger partial charge in [0.2, 0.25) is 0 Å². The lowest BCUT2D eigenvalue weighted by atomic mass is 9.95. The van der Waals surface area contributed by atoms with Crippen molar-refractivity contribution in [3.05, 3.63) is 69.7 Å². The zero-order valence-corrected chi connectivity index (χ0v) is 16.1. The highest BCUT2D eigenvalue weighted by Crippen LogP contribution is 2.39. The summed E-state index contributed by atoms with van der Waals surface area (Å²) in [6.45, 7) is 1.80. The molecule has 0 aliphatic carbocycles. The number of aromatic nitrogens is 1. The number of phenolic OH excluding ortho intramolecular Hbond substituents is 2. The lowest BCUT2D eigenvalue weighted by Crippen LogP contribution is -2.42. The van der Waals surface area contributed by atoms with Crippen LogP contribution in [0.25, 0.3) is 16.8 Å². The normalized spacial score (nSPS) is 16.1. The summed E-state index contributed by atoms with van der Waals surface area (Å²) >= 11 is 1.43. The maximum absolute atomic E-state index is 12.1. The van der Waals surface area contributed by atoms with Gasteiger partial charge in [0.05, 0.1) is 23.4 Å². The lowest BCUT2D eigenvalue weighted by Gasteiger charge is -2.28. The first-order valence-corrected chi connectivity index (χ1v) is 9.61. The number of carbonyl (C=O) groups is 1. The first kappa shape index (κ1) is 18.5. The number of aromatic hydroxyl groups is 2. The van der Waals surface area contributed by atoms with E-state index in [4.69, 9.17) is 10.2 Å². The fourth-order valence-corrected chi connectivity index (χ4v) is 4.15. The van der Waals surface area contributed by atoms with Crippen LogP contribution in [0.1, 0.15) is 29.1 Å². The summed E-state index contributed by atoms with van der Waals surface area (Å²) in [5.41, 5.74) is 4.29. The van der Waals surface area contributed by atoms with Crippen LogP contribution in [0.2, 0.25) is 0 Å². The molecular formula is C21H16N4O3S. The largest absolute Gasteiger partial charge is 0.504 e. The molecule has 4 N–H and O–H groups in total. The molecule has 0 radical (unpaired) electrons. The fraction of sp³-hybridized carbons (Fsp3) is 0.0952. The molecule has 29 heavy (non-hydrogen) atoms. The highest BCUT2D eigenvalue weighted by atomic mass is 32.1. The molecule has 8 heteroatoms. The number of rotatable bonds is 3. The molecule has 144 valence electrons. The number of hydrogen-bond donors (Lipinski definition) is 4. The van der Waals surface area contributed by atoms with Gasteiger partial charge in [-0.25, -0.2) is 9.78 Å². The summed E-state index contributed by atoms with van der Waals surface area (Å²) in [5, 5.41) is 36.7. The van der Waals surface area contributed by atoms with Gasteiger partial charge in [-0.15, -0.1) is 11.3 Å². The van der Waals surface area contributed by atoms with E-state index < -0.39 is 6.04 Å². The molecule has 4 rings (SSSR count). The van der Waals surface area contributed by atoms with Crippen molar-refractivity contribution in [3.63, 3.8) is 0 Å². The van der Waals surface area contributed by atoms with Crippen molar-refractivity contribution in [3.8, 4) is 28.8 Å². The van der Waals surface area contributed by atoms with Gasteiger partial charge in [0, 0.05) is 22.2 Å². The number of nitriles is 1. The predicted octanol–water partition coefficient (Wildman–Crippen LogP) is 3.88. The van der Waals surface area contributed by atoms with E-state index >= 15 is 0 Å². The van der Waals surface area contributed by atoms with Gasteiger partial charge in [0.15, 0.2) is 11.5 Å². The van der Waals surface area contributed by atoms with Gasteiger partial charge in [-0.2, -0.15) is 5.26 Å². The Morgan fingerprint density at radius 1 is 1.14 bits per heavy atom. The monoisotopic (exact) mass is 404 g/mol. The molecule has 1 unspecified atom stereocenters. The van der Waals surface area contributed by atoms with Crippen LogP contribution in [-0.2, 0) is 0 Å². The average Bonchev–Trinajstić information content (AvgIpc) is 3.19. The van der Waals surface area contributed by atoms with E-state index in [1.165, 1.54) is 23.5 Å². The van der Waals surface area contributed by atoms with Gasteiger partial charge in [0.25, 0.3) is 0 Å². The molecule has 2 heterocycles. The molecule has 0 saturated heterocycles. The number of thiazole rings is 1. The van der Waals surface area contributed by atoms with Gasteiger partial charge in [-0.3, -0.25) is 0 Å². The van der Waals surface area contributed by atoms with Crippen molar-refractivity contribution in [2.24, 2.45) is 0 Å². The van der Waals surface area contributed by atoms with Crippen molar-refractivity contribution >= 4 is 22.9 Å². The second-order valence-electron chi connectivity index (χ2n) is 6.55. The Bertz CT molecular complexity index is 1180. The van der Waals surface area contributed by atoms with Crippen molar-refractivity contribution in [2.45, 2.75) is 13.0 Å². The standard InChI is InChI=1S/C21H16N4O3S/c1-11-18(19(25-21(28)23-11)14-6-7-16(26)17(27)8-14)20-24-15(10-29-20)13-4-2-12(9-22)3-5-13/h2-8,10,19,26-27H,1H3,(H2,23,25,28). The number of phenols is 2. The average molecular weight is 404 g/mol. The third kappa shape index (κ3) is 3.51. The number of amides is 2. The van der Waals surface area contributed by atoms with Gasteiger partial charge in [-0.1, -0.05) is 18.2 Å². The number of allylic oxidation sites excluding steroid dienone is 1. The number of benzene rings is 2. The van der Waals surface area contributed by atoms with Crippen LogP contribution in [0.3, 0.4) is 0 Å². The highest BCUT2D eigenvalue weighted by Gasteiger charge is 2.30. The van der Waals surface area contributed by atoms with Crippen LogP contribution >= 0.6 is 11.3 Å². The zero-order valence-electron chi connectivity index (χ0n) is 15.3. The van der Waals surface area contributed by atoms with E-state index in [1.54, 1.807) is 25.1 Å². The summed E-state index contributed by atoms with van der Waals surface area (Å²) in [6, 6.07) is 12.8. The molecular weight excluding hydrogens is 388 g/mol. The Balaban J connectivity index is 1.75. The Morgan fingerprint density at radius 2 is 1.90 bits per heavy atom. The molecule has 1 atom stereocenters. The molecule has 1 aliphatic heterocycles. The second-order valence-corrected chi connectivity index (χ2v) is 7.40. The topological polar surface area (TPSA) is 118 Å². The first-order valence-electron chi connectivity index (χ1n) is 8.73. The van der Waals surface area contributed by atoms with E-state index in [1.807, 2.05) is 17.5 Å². The number of nitrogens with zero attached hydrogens (tertiary/aromatic N) is 2. The Hall–Kier alpha value is -3.83. The quantitative estimate of drug-likeness (QED) is 0.494. The smallest absolute Gasteiger partial charge is 0.319 e. The maximum atomic E-state index is 12.1. The van der Waals surface area contributed by atoms with Crippen LogP contribution in [0.5, 0.6) is 11.5 Å². The fourth-order valence-electron chi connectivity index (χ4n) is 3.19. The molecule has 3 aromatic rings. The van der Waals surface area contributed by atoms with Crippen LogP contribution in [0.15, 0.2) is 53.5 Å². The van der Waals surface area contributed by atoms with Crippen molar-refractivity contribution in [1.82, 2.24) is 15.6 Å². The van der Waals surface area contributed by atoms with E-state index in [2.05, 4.69) is 16.7 Å². The minimum Gasteiger partial charge on any atom is -0.504 e. The van der Waals surface area contributed by atoms with Gasteiger partial charge >= 0.3 is 6.03 Å². The van der Waals surface area contributed by atoms with Crippen LogP contribution in [0, 0.1) is 11.3 Å². The Kier molecular flexibility index (Phi) is 4.66. The molecule has 7 nitrogen and oxygen atoms in total. The molecule has 0 saturated carbocycles. The van der Waals surface area contributed by atoms with Crippen molar-refractivity contribution in [1.29, 1.82) is 5.26 Å². The predicted molar refractivity (Wildman–Crippen MR) is 109 cm³/mol. The summed E-state index contributed by atoms with van der Waals surface area (Å²) in [5.74, 6) is -0.488. The Morgan fingerprint density at radius 3 is 2.59 bits per heavy atom. The SMILES string of the molecule is CC1=C(c2nc(-c3ccc(C#N)cc3)cs2)C(c2ccc(O)c(O)c2)NC(=O)N1. The van der Waals surface area contributed by atoms with E-state index in [0.717, 1.165) is 16.8 Å². The summed E-state index contributed by atoms with van der Waals surface area (Å²) in [7, 11) is 0. The van der Waals surface area contributed by atoms with Crippen molar-refractivity contribution in [2.75, 3.05) is 0 Å². The van der Waals surface area contributed by atoms with Crippen LogP contribution < -0.4 is 10.6 Å². The zero-order chi connectivity index (χ0) is 20.5. The molecule has 0 bridgehead atoms. The summed E-state index contributed by atoms with van der Waals surface area (Å²) < 4.78 is 0. The number of urea groups is 1. The van der Waals surface area contributed by atoms with Gasteiger partial charge in [0.1, 0.15) is 5.01 Å². The first-order chi connectivity index (χ1) is 14.0. The third-order valence-corrected chi connectivity index (χ3v) is 5.52. The molecule has 2 aromatic carbocycles. The molecule has 0 spiro atoms. The van der Waals surface area contributed by atoms with E-state index in [0.29, 0.717) is 21.8 Å². The molecule has 2 amide bonds. The Labute approximate surface area is 170 Å².